The molecule has 5 heteroatoms. The highest BCUT2D eigenvalue weighted by molar-refractivity contribution is 5.99. The van der Waals surface area contributed by atoms with Crippen molar-refractivity contribution in [2.75, 3.05) is 6.61 Å². The molecule has 0 N–H and O–H groups in total. The third kappa shape index (κ3) is 2.93. The van der Waals surface area contributed by atoms with Crippen LogP contribution >= 0.6 is 0 Å². The van der Waals surface area contributed by atoms with Crippen LogP contribution in [-0.4, -0.2) is 18.5 Å². The molecule has 2 aromatic rings. The van der Waals surface area contributed by atoms with E-state index in [1.807, 2.05) is 0 Å². The number of hydrogen-bond donors (Lipinski definition) is 0. The number of esters is 2. The second kappa shape index (κ2) is 5.69. The maximum atomic E-state index is 13.3. The molecule has 104 valence electrons. The summed E-state index contributed by atoms with van der Waals surface area (Å²) < 4.78 is 23.2. The lowest BCUT2D eigenvalue weighted by Crippen LogP contribution is -2.07. The SMILES string of the molecule is CCOC(=O)c1cc(OC(C)=O)c2ccc(F)cc2c1. The lowest BCUT2D eigenvalue weighted by atomic mass is 10.1. The third-order valence-corrected chi connectivity index (χ3v) is 2.64. The number of carbonyl (C=O) groups is 2. The highest BCUT2D eigenvalue weighted by atomic mass is 19.1. The van der Waals surface area contributed by atoms with Crippen LogP contribution in [0.25, 0.3) is 10.8 Å². The van der Waals surface area contributed by atoms with E-state index in [-0.39, 0.29) is 17.9 Å². The van der Waals surface area contributed by atoms with E-state index in [1.165, 1.54) is 37.3 Å². The Balaban J connectivity index is 2.61. The number of benzene rings is 2. The predicted octanol–water partition coefficient (Wildman–Crippen LogP) is 3.08. The van der Waals surface area contributed by atoms with Crippen LogP contribution in [0.4, 0.5) is 4.39 Å². The molecule has 0 aromatic heterocycles. The van der Waals surface area contributed by atoms with Gasteiger partial charge in [-0.25, -0.2) is 9.18 Å². The Morgan fingerprint density at radius 3 is 2.60 bits per heavy atom. The maximum Gasteiger partial charge on any atom is 0.338 e. The molecule has 2 aromatic carbocycles. The summed E-state index contributed by atoms with van der Waals surface area (Å²) in [5.41, 5.74) is 0.209. The lowest BCUT2D eigenvalue weighted by Gasteiger charge is -2.09. The number of hydrogen-bond acceptors (Lipinski definition) is 4. The van der Waals surface area contributed by atoms with Gasteiger partial charge in [0.15, 0.2) is 0 Å². The van der Waals surface area contributed by atoms with Gasteiger partial charge in [0.2, 0.25) is 0 Å². The van der Waals surface area contributed by atoms with Gasteiger partial charge >= 0.3 is 11.9 Å². The summed E-state index contributed by atoms with van der Waals surface area (Å²) in [6.45, 7) is 3.17. The molecule has 0 fully saturated rings. The van der Waals surface area contributed by atoms with Crippen molar-refractivity contribution in [1.82, 2.24) is 0 Å². The van der Waals surface area contributed by atoms with Crippen LogP contribution < -0.4 is 4.74 Å². The molecule has 0 heterocycles. The Hall–Kier alpha value is -2.43. The van der Waals surface area contributed by atoms with E-state index in [1.54, 1.807) is 6.92 Å². The molecule has 4 nitrogen and oxygen atoms in total. The average Bonchev–Trinajstić information content (AvgIpc) is 2.37. The molecule has 0 atom stereocenters. The van der Waals surface area contributed by atoms with Gasteiger partial charge in [0, 0.05) is 12.3 Å². The summed E-state index contributed by atoms with van der Waals surface area (Å²) in [5, 5.41) is 1.02. The van der Waals surface area contributed by atoms with E-state index in [0.29, 0.717) is 10.8 Å². The van der Waals surface area contributed by atoms with Gasteiger partial charge in [-0.1, -0.05) is 0 Å². The summed E-state index contributed by atoms with van der Waals surface area (Å²) in [6.07, 6.45) is 0. The third-order valence-electron chi connectivity index (χ3n) is 2.64. The fraction of sp³-hybridized carbons (Fsp3) is 0.200. The van der Waals surface area contributed by atoms with Crippen LogP contribution in [0.5, 0.6) is 5.75 Å². The largest absolute Gasteiger partial charge is 0.462 e. The second-order valence-corrected chi connectivity index (χ2v) is 4.15. The zero-order chi connectivity index (χ0) is 14.7. The van der Waals surface area contributed by atoms with E-state index in [4.69, 9.17) is 9.47 Å². The molecule has 20 heavy (non-hydrogen) atoms. The highest BCUT2D eigenvalue weighted by Gasteiger charge is 2.13. The molecule has 0 aliphatic rings. The molecule has 0 radical (unpaired) electrons. The van der Waals surface area contributed by atoms with Crippen LogP contribution in [-0.2, 0) is 9.53 Å². The smallest absolute Gasteiger partial charge is 0.338 e. The lowest BCUT2D eigenvalue weighted by molar-refractivity contribution is -0.131. The van der Waals surface area contributed by atoms with Crippen molar-refractivity contribution >= 4 is 22.7 Å². The minimum atomic E-state index is -0.549. The Bertz CT molecular complexity index is 679. The van der Waals surface area contributed by atoms with Gasteiger partial charge in [-0.3, -0.25) is 4.79 Å². The number of ether oxygens (including phenoxy) is 2. The van der Waals surface area contributed by atoms with Crippen LogP contribution in [0, 0.1) is 5.82 Å². The van der Waals surface area contributed by atoms with Gasteiger partial charge in [0.25, 0.3) is 0 Å². The Morgan fingerprint density at radius 1 is 1.20 bits per heavy atom. The highest BCUT2D eigenvalue weighted by Crippen LogP contribution is 2.29. The standard InChI is InChI=1S/C15H13FO4/c1-3-19-15(18)11-6-10-7-12(16)4-5-13(10)14(8-11)20-9(2)17/h4-8H,3H2,1-2H3. The topological polar surface area (TPSA) is 52.6 Å². The molecule has 0 spiro atoms. The monoisotopic (exact) mass is 276 g/mol. The van der Waals surface area contributed by atoms with Crippen LogP contribution in [0.15, 0.2) is 30.3 Å². The first-order valence-corrected chi connectivity index (χ1v) is 6.10. The quantitative estimate of drug-likeness (QED) is 0.638. The van der Waals surface area contributed by atoms with E-state index in [2.05, 4.69) is 0 Å². The van der Waals surface area contributed by atoms with Crippen molar-refractivity contribution in [1.29, 1.82) is 0 Å². The molecule has 0 unspecified atom stereocenters. The average molecular weight is 276 g/mol. The first-order chi connectivity index (χ1) is 9.51. The van der Waals surface area contributed by atoms with Crippen molar-refractivity contribution in [3.05, 3.63) is 41.7 Å². The number of rotatable bonds is 3. The van der Waals surface area contributed by atoms with E-state index < -0.39 is 17.8 Å². The fourth-order valence-corrected chi connectivity index (χ4v) is 1.88. The van der Waals surface area contributed by atoms with Gasteiger partial charge < -0.3 is 9.47 Å². The van der Waals surface area contributed by atoms with Gasteiger partial charge in [-0.05, 0) is 42.6 Å². The molecule has 0 aliphatic heterocycles. The maximum absolute atomic E-state index is 13.3. The van der Waals surface area contributed by atoms with Gasteiger partial charge in [0.1, 0.15) is 11.6 Å². The minimum Gasteiger partial charge on any atom is -0.462 e. The minimum absolute atomic E-state index is 0.207. The summed E-state index contributed by atoms with van der Waals surface area (Å²) in [7, 11) is 0. The first kappa shape index (κ1) is 14.0. The van der Waals surface area contributed by atoms with Gasteiger partial charge in [0.05, 0.1) is 12.2 Å². The van der Waals surface area contributed by atoms with Crippen molar-refractivity contribution in [2.24, 2.45) is 0 Å². The number of carbonyl (C=O) groups excluding carboxylic acids is 2. The van der Waals surface area contributed by atoms with Crippen LogP contribution in [0.2, 0.25) is 0 Å². The Kier molecular flexibility index (Phi) is 3.98. The predicted molar refractivity (Wildman–Crippen MR) is 71.2 cm³/mol. The molecule has 0 amide bonds. The molecule has 0 aliphatic carbocycles. The second-order valence-electron chi connectivity index (χ2n) is 4.15. The Labute approximate surface area is 115 Å². The van der Waals surface area contributed by atoms with Crippen molar-refractivity contribution in [2.45, 2.75) is 13.8 Å². The molecule has 0 saturated heterocycles. The molecular weight excluding hydrogens is 263 g/mol. The Morgan fingerprint density at radius 2 is 1.95 bits per heavy atom. The molecule has 0 saturated carbocycles. The van der Waals surface area contributed by atoms with Crippen molar-refractivity contribution in [3.8, 4) is 5.75 Å². The summed E-state index contributed by atoms with van der Waals surface area (Å²) in [4.78, 5) is 22.9. The number of halogens is 1. The number of fused-ring (bicyclic) bond motifs is 1. The van der Waals surface area contributed by atoms with Gasteiger partial charge in [-0.2, -0.15) is 0 Å². The summed E-state index contributed by atoms with van der Waals surface area (Å²) in [6, 6.07) is 6.95. The zero-order valence-corrected chi connectivity index (χ0v) is 11.1. The summed E-state index contributed by atoms with van der Waals surface area (Å²) >= 11 is 0. The van der Waals surface area contributed by atoms with E-state index in [0.717, 1.165) is 0 Å². The molecule has 2 rings (SSSR count). The zero-order valence-electron chi connectivity index (χ0n) is 11.1. The first-order valence-electron chi connectivity index (χ1n) is 6.10. The summed E-state index contributed by atoms with van der Waals surface area (Å²) in [5.74, 6) is -1.30. The van der Waals surface area contributed by atoms with Crippen molar-refractivity contribution < 1.29 is 23.5 Å². The van der Waals surface area contributed by atoms with Crippen LogP contribution in [0.1, 0.15) is 24.2 Å². The van der Waals surface area contributed by atoms with E-state index >= 15 is 0 Å². The van der Waals surface area contributed by atoms with Crippen molar-refractivity contribution in [3.63, 3.8) is 0 Å². The fourth-order valence-electron chi connectivity index (χ4n) is 1.88. The normalized spacial score (nSPS) is 10.3. The van der Waals surface area contributed by atoms with Gasteiger partial charge in [-0.15, -0.1) is 0 Å². The van der Waals surface area contributed by atoms with Crippen LogP contribution in [0.3, 0.4) is 0 Å². The van der Waals surface area contributed by atoms with E-state index in [9.17, 15) is 14.0 Å². The molecule has 0 bridgehead atoms. The molecular formula is C15H13FO4.